The van der Waals surface area contributed by atoms with Crippen LogP contribution in [0.1, 0.15) is 59.2 Å². The van der Waals surface area contributed by atoms with E-state index >= 15 is 4.39 Å². The van der Waals surface area contributed by atoms with Crippen LogP contribution in [0.2, 0.25) is 0 Å². The third-order valence-electron chi connectivity index (χ3n) is 10.4. The molecule has 11 heteroatoms. The first-order valence-electron chi connectivity index (χ1n) is 16.8. The van der Waals surface area contributed by atoms with Crippen LogP contribution in [0.5, 0.6) is 5.88 Å². The first-order valence-corrected chi connectivity index (χ1v) is 18.4. The SMILES string of the molecule is CC1(C)C(C(=O)Nc2c3c(c(F)c4c2C[C@H](F)C4)CCC3)Oc2c(S(=N)(=O)NC(c3ccccc3)(c3ccccc3)c3ccccc3)cnn21. The van der Waals surface area contributed by atoms with Crippen LogP contribution in [0.25, 0.3) is 0 Å². The van der Waals surface area contributed by atoms with Gasteiger partial charge in [0, 0.05) is 18.5 Å². The maximum absolute atomic E-state index is 15.4. The molecule has 4 aromatic carbocycles. The number of aromatic nitrogens is 2. The van der Waals surface area contributed by atoms with Gasteiger partial charge in [-0.25, -0.2) is 27.2 Å². The van der Waals surface area contributed by atoms with Crippen LogP contribution in [-0.4, -0.2) is 32.2 Å². The normalized spacial score (nSPS) is 20.0. The van der Waals surface area contributed by atoms with E-state index in [9.17, 15) is 18.2 Å². The van der Waals surface area contributed by atoms with E-state index < -0.39 is 39.2 Å². The minimum absolute atomic E-state index is 0.00289. The highest BCUT2D eigenvalue weighted by Gasteiger charge is 2.50. The number of nitrogens with zero attached hydrogens (tertiary/aromatic N) is 2. The third-order valence-corrected chi connectivity index (χ3v) is 11.9. The molecule has 1 aliphatic heterocycles. The summed E-state index contributed by atoms with van der Waals surface area (Å²) in [5.41, 5.74) is 2.64. The van der Waals surface area contributed by atoms with E-state index in [2.05, 4.69) is 15.1 Å². The van der Waals surface area contributed by atoms with Crippen molar-refractivity contribution in [3.05, 3.63) is 142 Å². The van der Waals surface area contributed by atoms with Crippen LogP contribution >= 0.6 is 0 Å². The van der Waals surface area contributed by atoms with E-state index in [1.165, 1.54) is 10.9 Å². The maximum atomic E-state index is 15.4. The largest absolute Gasteiger partial charge is 0.461 e. The number of anilines is 1. The van der Waals surface area contributed by atoms with Crippen LogP contribution in [-0.2, 0) is 51.5 Å². The summed E-state index contributed by atoms with van der Waals surface area (Å²) in [5.74, 6) is -0.805. The lowest BCUT2D eigenvalue weighted by Crippen LogP contribution is -2.47. The molecule has 0 spiro atoms. The number of carbonyl (C=O) groups excluding carboxylic acids is 1. The molecule has 0 bridgehead atoms. The molecule has 8 rings (SSSR count). The molecule has 8 nitrogen and oxygen atoms in total. The van der Waals surface area contributed by atoms with E-state index in [4.69, 9.17) is 4.74 Å². The molecule has 0 saturated carbocycles. The standard InChI is InChI=1S/C39H37F2N5O3S/c1-38(2)35(36(47)44-34-29-20-12-19-28(29)33(41)30-21-27(40)22-31(30)34)49-37-32(23-43-46(37)38)50(42,48)45-39(24-13-6-3-7-14-24,25-15-8-4-9-16-25)26-17-10-5-11-18-26/h3-11,13-18,23,27,35H,12,19-22H2,1-2H3,(H,44,47)(H2,42,45,48)/t27-,35?,50?/m1/s1. The lowest BCUT2D eigenvalue weighted by Gasteiger charge is -2.37. The average Bonchev–Trinajstić information content (AvgIpc) is 3.91. The number of hydrogen-bond donors (Lipinski definition) is 3. The van der Waals surface area contributed by atoms with Crippen molar-refractivity contribution in [3.8, 4) is 5.88 Å². The summed E-state index contributed by atoms with van der Waals surface area (Å²) in [6.07, 6.45) is 0.921. The van der Waals surface area contributed by atoms with Gasteiger partial charge in [-0.3, -0.25) is 4.79 Å². The van der Waals surface area contributed by atoms with Crippen molar-refractivity contribution in [2.24, 2.45) is 0 Å². The van der Waals surface area contributed by atoms with Crippen molar-refractivity contribution in [3.63, 3.8) is 0 Å². The van der Waals surface area contributed by atoms with Gasteiger partial charge in [0.25, 0.3) is 5.91 Å². The van der Waals surface area contributed by atoms with E-state index in [1.807, 2.05) is 91.0 Å². The number of carbonyl (C=O) groups is 1. The van der Waals surface area contributed by atoms with E-state index in [-0.39, 0.29) is 29.4 Å². The molecule has 3 aliphatic rings. The minimum Gasteiger partial charge on any atom is -0.461 e. The molecule has 0 radical (unpaired) electrons. The Labute approximate surface area is 290 Å². The number of benzene rings is 4. The highest BCUT2D eigenvalue weighted by molar-refractivity contribution is 7.90. The summed E-state index contributed by atoms with van der Waals surface area (Å²) in [6.45, 7) is 3.56. The number of amides is 1. The van der Waals surface area contributed by atoms with Crippen LogP contribution in [0.3, 0.4) is 0 Å². The summed E-state index contributed by atoms with van der Waals surface area (Å²) >= 11 is 0. The van der Waals surface area contributed by atoms with Crippen molar-refractivity contribution < 1.29 is 22.5 Å². The molecule has 256 valence electrons. The Morgan fingerprint density at radius 1 is 0.900 bits per heavy atom. The summed E-state index contributed by atoms with van der Waals surface area (Å²) in [4.78, 5) is 14.1. The molecule has 0 fully saturated rings. The lowest BCUT2D eigenvalue weighted by molar-refractivity contribution is -0.124. The Morgan fingerprint density at radius 3 is 2.02 bits per heavy atom. The average molecular weight is 694 g/mol. The first kappa shape index (κ1) is 32.3. The van der Waals surface area contributed by atoms with Gasteiger partial charge in [0.05, 0.1) is 6.20 Å². The van der Waals surface area contributed by atoms with Gasteiger partial charge in [0.1, 0.15) is 37.9 Å². The molecule has 2 heterocycles. The molecule has 3 atom stereocenters. The quantitative estimate of drug-likeness (QED) is 0.152. The summed E-state index contributed by atoms with van der Waals surface area (Å²) in [7, 11) is -3.90. The Bertz CT molecular complexity index is 2130. The van der Waals surface area contributed by atoms with Gasteiger partial charge in [-0.2, -0.15) is 5.10 Å². The topological polar surface area (TPSA) is 109 Å². The van der Waals surface area contributed by atoms with E-state index in [0.717, 1.165) is 28.7 Å². The zero-order valence-corrected chi connectivity index (χ0v) is 28.5. The number of hydrogen-bond acceptors (Lipinski definition) is 5. The smallest absolute Gasteiger partial charge is 0.268 e. The van der Waals surface area contributed by atoms with Crippen LogP contribution in [0, 0.1) is 10.6 Å². The van der Waals surface area contributed by atoms with Crippen molar-refractivity contribution in [1.82, 2.24) is 14.5 Å². The number of nitrogens with one attached hydrogen (secondary N) is 3. The predicted octanol–water partition coefficient (Wildman–Crippen LogP) is 6.98. The highest BCUT2D eigenvalue weighted by atomic mass is 32.2. The van der Waals surface area contributed by atoms with Crippen molar-refractivity contribution in [1.29, 1.82) is 4.78 Å². The molecular weight excluding hydrogens is 657 g/mol. The van der Waals surface area contributed by atoms with E-state index in [0.29, 0.717) is 35.2 Å². The molecule has 1 amide bonds. The molecule has 2 unspecified atom stereocenters. The van der Waals surface area contributed by atoms with Gasteiger partial charge in [-0.1, -0.05) is 91.0 Å². The summed E-state index contributed by atoms with van der Waals surface area (Å²) in [5, 5.41) is 7.52. The number of halogens is 2. The molecular formula is C39H37F2N5O3S. The number of alkyl halides is 1. The van der Waals surface area contributed by atoms with Crippen LogP contribution < -0.4 is 14.8 Å². The van der Waals surface area contributed by atoms with Crippen LogP contribution in [0.4, 0.5) is 14.5 Å². The fraction of sp³-hybridized carbons (Fsp3) is 0.282. The number of ether oxygens (including phenoxy) is 1. The van der Waals surface area contributed by atoms with Gasteiger partial charge >= 0.3 is 0 Å². The molecule has 0 saturated heterocycles. The second-order valence-corrected chi connectivity index (χ2v) is 15.6. The minimum atomic E-state index is -3.90. The summed E-state index contributed by atoms with van der Waals surface area (Å²) in [6, 6.07) is 28.7. The van der Waals surface area contributed by atoms with E-state index in [1.54, 1.807) is 13.8 Å². The van der Waals surface area contributed by atoms with Gasteiger partial charge in [0.15, 0.2) is 0 Å². The predicted molar refractivity (Wildman–Crippen MR) is 187 cm³/mol. The Hall–Kier alpha value is -4.87. The fourth-order valence-corrected chi connectivity index (χ4v) is 9.46. The van der Waals surface area contributed by atoms with Crippen molar-refractivity contribution in [2.45, 2.75) is 74.2 Å². The fourth-order valence-electron chi connectivity index (χ4n) is 7.99. The van der Waals surface area contributed by atoms with Gasteiger partial charge in [-0.05, 0) is 72.1 Å². The van der Waals surface area contributed by atoms with Gasteiger partial charge < -0.3 is 10.1 Å². The zero-order chi connectivity index (χ0) is 34.8. The summed E-state index contributed by atoms with van der Waals surface area (Å²) < 4.78 is 65.4. The Morgan fingerprint density at radius 2 is 1.44 bits per heavy atom. The molecule has 50 heavy (non-hydrogen) atoms. The molecule has 5 aromatic rings. The lowest BCUT2D eigenvalue weighted by atomic mass is 9.78. The Balaban J connectivity index is 1.17. The number of rotatable bonds is 8. The molecule has 3 N–H and O–H groups in total. The van der Waals surface area contributed by atoms with Crippen molar-refractivity contribution in [2.75, 3.05) is 5.32 Å². The van der Waals surface area contributed by atoms with Gasteiger partial charge in [-0.15, -0.1) is 0 Å². The van der Waals surface area contributed by atoms with Gasteiger partial charge in [0.2, 0.25) is 12.0 Å². The highest BCUT2D eigenvalue weighted by Crippen LogP contribution is 2.45. The second kappa shape index (κ2) is 11.9. The first-order chi connectivity index (χ1) is 24.0. The van der Waals surface area contributed by atoms with Crippen LogP contribution in [0.15, 0.2) is 102 Å². The zero-order valence-electron chi connectivity index (χ0n) is 27.7. The second-order valence-electron chi connectivity index (χ2n) is 13.8. The Kier molecular flexibility index (Phi) is 7.68. The molecule has 2 aliphatic carbocycles. The number of fused-ring (bicyclic) bond motifs is 3. The van der Waals surface area contributed by atoms with Crippen molar-refractivity contribution >= 4 is 21.5 Å². The third kappa shape index (κ3) is 4.97. The molecule has 1 aromatic heterocycles. The maximum Gasteiger partial charge on any atom is 0.268 e. The monoisotopic (exact) mass is 693 g/mol.